The van der Waals surface area contributed by atoms with E-state index in [-0.39, 0.29) is 18.1 Å². The van der Waals surface area contributed by atoms with Crippen LogP contribution in [0.25, 0.3) is 0 Å². The number of rotatable bonds is 0. The molecule has 0 spiro atoms. The second-order valence-corrected chi connectivity index (χ2v) is 3.01. The fourth-order valence-electron chi connectivity index (χ4n) is 1.35. The highest BCUT2D eigenvalue weighted by Gasteiger charge is 2.23. The lowest BCUT2D eigenvalue weighted by atomic mass is 9.86. The molecule has 0 radical (unpaired) electrons. The van der Waals surface area contributed by atoms with Gasteiger partial charge in [-0.2, -0.15) is 0 Å². The third-order valence-corrected chi connectivity index (χ3v) is 2.10. The molecule has 0 heterocycles. The molecule has 0 aliphatic heterocycles. The Kier molecular flexibility index (Phi) is 2.09. The standard InChI is InChI=1S/C7H14O2/c1-5-4-6(8)2-3-7(5)9/h5-9H,2-4H2,1H3/t5-,6+,7+/m1/s1. The highest BCUT2D eigenvalue weighted by molar-refractivity contribution is 4.75. The number of hydrogen-bond donors (Lipinski definition) is 2. The van der Waals surface area contributed by atoms with Gasteiger partial charge in [-0.05, 0) is 25.2 Å². The highest BCUT2D eigenvalue weighted by atomic mass is 16.3. The summed E-state index contributed by atoms with van der Waals surface area (Å²) in [6.45, 7) is 1.98. The molecule has 2 nitrogen and oxygen atoms in total. The van der Waals surface area contributed by atoms with Crippen molar-refractivity contribution in [3.63, 3.8) is 0 Å². The lowest BCUT2D eigenvalue weighted by Crippen LogP contribution is -2.29. The Balaban J connectivity index is 2.35. The van der Waals surface area contributed by atoms with Crippen molar-refractivity contribution in [2.45, 2.75) is 38.4 Å². The van der Waals surface area contributed by atoms with Gasteiger partial charge in [-0.1, -0.05) is 6.92 Å². The van der Waals surface area contributed by atoms with Crippen molar-refractivity contribution >= 4 is 0 Å². The summed E-state index contributed by atoms with van der Waals surface area (Å²) in [5.74, 6) is 0.286. The molecule has 3 atom stereocenters. The van der Waals surface area contributed by atoms with E-state index in [1.165, 1.54) is 0 Å². The van der Waals surface area contributed by atoms with E-state index in [1.807, 2.05) is 6.92 Å². The van der Waals surface area contributed by atoms with Gasteiger partial charge < -0.3 is 10.2 Å². The van der Waals surface area contributed by atoms with E-state index >= 15 is 0 Å². The summed E-state index contributed by atoms with van der Waals surface area (Å²) < 4.78 is 0. The van der Waals surface area contributed by atoms with Crippen molar-refractivity contribution in [3.8, 4) is 0 Å². The first-order valence-electron chi connectivity index (χ1n) is 3.56. The largest absolute Gasteiger partial charge is 0.393 e. The molecule has 1 aliphatic carbocycles. The van der Waals surface area contributed by atoms with Gasteiger partial charge in [0.15, 0.2) is 0 Å². The van der Waals surface area contributed by atoms with E-state index in [9.17, 15) is 5.11 Å². The Morgan fingerprint density at radius 3 is 2.33 bits per heavy atom. The molecule has 1 aliphatic rings. The van der Waals surface area contributed by atoms with Gasteiger partial charge in [0.25, 0.3) is 0 Å². The van der Waals surface area contributed by atoms with Crippen molar-refractivity contribution in [1.82, 2.24) is 0 Å². The van der Waals surface area contributed by atoms with Gasteiger partial charge >= 0.3 is 0 Å². The van der Waals surface area contributed by atoms with E-state index in [0.717, 1.165) is 19.3 Å². The second kappa shape index (κ2) is 2.67. The molecule has 0 aromatic rings. The zero-order chi connectivity index (χ0) is 6.85. The maximum atomic E-state index is 9.18. The van der Waals surface area contributed by atoms with Gasteiger partial charge in [0, 0.05) is 0 Å². The Morgan fingerprint density at radius 2 is 1.89 bits per heavy atom. The minimum atomic E-state index is -0.173. The minimum absolute atomic E-state index is 0.164. The summed E-state index contributed by atoms with van der Waals surface area (Å²) >= 11 is 0. The van der Waals surface area contributed by atoms with Crippen LogP contribution in [0, 0.1) is 5.92 Å². The first-order chi connectivity index (χ1) is 4.20. The number of hydrogen-bond acceptors (Lipinski definition) is 2. The monoisotopic (exact) mass is 130 g/mol. The van der Waals surface area contributed by atoms with Crippen LogP contribution in [-0.2, 0) is 0 Å². The van der Waals surface area contributed by atoms with E-state index in [4.69, 9.17) is 5.11 Å². The molecule has 2 N–H and O–H groups in total. The summed E-state index contributed by atoms with van der Waals surface area (Å²) in [7, 11) is 0. The molecule has 1 rings (SSSR count). The molecule has 0 unspecified atom stereocenters. The predicted molar refractivity (Wildman–Crippen MR) is 35.0 cm³/mol. The van der Waals surface area contributed by atoms with Crippen LogP contribution in [-0.4, -0.2) is 22.4 Å². The molecule has 0 aromatic carbocycles. The molecule has 9 heavy (non-hydrogen) atoms. The zero-order valence-corrected chi connectivity index (χ0v) is 5.75. The Bertz CT molecular complexity index is 92.9. The van der Waals surface area contributed by atoms with Gasteiger partial charge in [0.2, 0.25) is 0 Å². The summed E-state index contributed by atoms with van der Waals surface area (Å²) in [6.07, 6.45) is 1.96. The molecular formula is C7H14O2. The molecule has 0 bridgehead atoms. The van der Waals surface area contributed by atoms with E-state index in [1.54, 1.807) is 0 Å². The lowest BCUT2D eigenvalue weighted by Gasteiger charge is -2.27. The van der Waals surface area contributed by atoms with Crippen molar-refractivity contribution in [1.29, 1.82) is 0 Å². The van der Waals surface area contributed by atoms with Crippen LogP contribution in [0.2, 0.25) is 0 Å². The molecule has 1 fully saturated rings. The number of aliphatic hydroxyl groups excluding tert-OH is 2. The normalized spacial score (nSPS) is 45.0. The second-order valence-electron chi connectivity index (χ2n) is 3.01. The third kappa shape index (κ3) is 1.66. The van der Waals surface area contributed by atoms with Gasteiger partial charge in [0.1, 0.15) is 0 Å². The molecular weight excluding hydrogens is 116 g/mol. The molecule has 1 saturated carbocycles. The smallest absolute Gasteiger partial charge is 0.0567 e. The van der Waals surface area contributed by atoms with Crippen molar-refractivity contribution in [2.75, 3.05) is 0 Å². The van der Waals surface area contributed by atoms with E-state index < -0.39 is 0 Å². The SMILES string of the molecule is C[C@@H]1C[C@@H](O)CC[C@@H]1O. The van der Waals surface area contributed by atoms with Crippen LogP contribution in [0.4, 0.5) is 0 Å². The lowest BCUT2D eigenvalue weighted by molar-refractivity contribution is 0.0142. The molecule has 54 valence electrons. The van der Waals surface area contributed by atoms with Gasteiger partial charge in [-0.15, -0.1) is 0 Å². The van der Waals surface area contributed by atoms with Crippen LogP contribution in [0.5, 0.6) is 0 Å². The molecule has 0 amide bonds. The predicted octanol–water partition coefficient (Wildman–Crippen LogP) is 0.528. The summed E-state index contributed by atoms with van der Waals surface area (Å²) in [5.41, 5.74) is 0. The van der Waals surface area contributed by atoms with Crippen molar-refractivity contribution < 1.29 is 10.2 Å². The maximum absolute atomic E-state index is 9.18. The minimum Gasteiger partial charge on any atom is -0.393 e. The maximum Gasteiger partial charge on any atom is 0.0567 e. The Hall–Kier alpha value is -0.0800. The summed E-state index contributed by atoms with van der Waals surface area (Å²) in [6, 6.07) is 0. The fourth-order valence-corrected chi connectivity index (χ4v) is 1.35. The molecule has 0 aromatic heterocycles. The van der Waals surface area contributed by atoms with Crippen LogP contribution < -0.4 is 0 Å². The fraction of sp³-hybridized carbons (Fsp3) is 1.00. The summed E-state index contributed by atoms with van der Waals surface area (Å²) in [4.78, 5) is 0. The van der Waals surface area contributed by atoms with Crippen molar-refractivity contribution in [3.05, 3.63) is 0 Å². The number of aliphatic hydroxyl groups is 2. The topological polar surface area (TPSA) is 40.5 Å². The third-order valence-electron chi connectivity index (χ3n) is 2.10. The highest BCUT2D eigenvalue weighted by Crippen LogP contribution is 2.23. The van der Waals surface area contributed by atoms with Crippen molar-refractivity contribution in [2.24, 2.45) is 5.92 Å². The zero-order valence-electron chi connectivity index (χ0n) is 5.75. The Morgan fingerprint density at radius 1 is 1.22 bits per heavy atom. The average Bonchev–Trinajstić information content (AvgIpc) is 1.80. The van der Waals surface area contributed by atoms with Gasteiger partial charge in [-0.3, -0.25) is 0 Å². The van der Waals surface area contributed by atoms with Crippen LogP contribution >= 0.6 is 0 Å². The van der Waals surface area contributed by atoms with Gasteiger partial charge in [0.05, 0.1) is 12.2 Å². The first kappa shape index (κ1) is 7.03. The summed E-state index contributed by atoms with van der Waals surface area (Å²) in [5, 5.41) is 18.3. The molecule has 0 saturated heterocycles. The first-order valence-corrected chi connectivity index (χ1v) is 3.56. The quantitative estimate of drug-likeness (QED) is 0.502. The van der Waals surface area contributed by atoms with Crippen LogP contribution in [0.1, 0.15) is 26.2 Å². The molecule has 2 heteroatoms. The van der Waals surface area contributed by atoms with E-state index in [2.05, 4.69) is 0 Å². The Labute approximate surface area is 55.5 Å². The van der Waals surface area contributed by atoms with Crippen LogP contribution in [0.15, 0.2) is 0 Å². The van der Waals surface area contributed by atoms with Gasteiger partial charge in [-0.25, -0.2) is 0 Å². The van der Waals surface area contributed by atoms with E-state index in [0.29, 0.717) is 0 Å². The average molecular weight is 130 g/mol. The van der Waals surface area contributed by atoms with Crippen LogP contribution in [0.3, 0.4) is 0 Å².